The Bertz CT molecular complexity index is 918. The van der Waals surface area contributed by atoms with Crippen molar-refractivity contribution in [3.8, 4) is 11.5 Å². The SMILES string of the molecule is CCn1nc(C(=O)N2CCCCC2)c2c1CC[C@H](NCc1cccc(OC)c1OC)C2. The first-order chi connectivity index (χ1) is 15.2. The maximum absolute atomic E-state index is 13.2. The van der Waals surface area contributed by atoms with Gasteiger partial charge < -0.3 is 19.7 Å². The predicted octanol–water partition coefficient (Wildman–Crippen LogP) is 3.19. The van der Waals surface area contributed by atoms with E-state index in [0.717, 1.165) is 74.4 Å². The normalized spacial score (nSPS) is 18.5. The number of nitrogens with zero attached hydrogens (tertiary/aromatic N) is 3. The second-order valence-corrected chi connectivity index (χ2v) is 8.42. The van der Waals surface area contributed by atoms with Gasteiger partial charge in [0.1, 0.15) is 0 Å². The Hall–Kier alpha value is -2.54. The maximum Gasteiger partial charge on any atom is 0.274 e. The lowest BCUT2D eigenvalue weighted by molar-refractivity contribution is 0.0716. The number of aromatic nitrogens is 2. The van der Waals surface area contributed by atoms with E-state index in [4.69, 9.17) is 14.6 Å². The standard InChI is InChI=1S/C24H34N4O3/c1-4-28-20-12-11-18(25-16-17-9-8-10-21(30-2)23(17)31-3)15-19(20)22(26-28)24(29)27-13-6-5-7-14-27/h8-10,18,25H,4-7,11-16H2,1-3H3/t18-/m0/s1. The number of hydrogen-bond acceptors (Lipinski definition) is 5. The number of hydrogen-bond donors (Lipinski definition) is 1. The number of piperidine rings is 1. The molecule has 0 spiro atoms. The summed E-state index contributed by atoms with van der Waals surface area (Å²) in [6, 6.07) is 6.25. The molecule has 31 heavy (non-hydrogen) atoms. The third-order valence-electron chi connectivity index (χ3n) is 6.56. The lowest BCUT2D eigenvalue weighted by Gasteiger charge is -2.28. The van der Waals surface area contributed by atoms with E-state index in [9.17, 15) is 4.79 Å². The van der Waals surface area contributed by atoms with E-state index < -0.39 is 0 Å². The predicted molar refractivity (Wildman–Crippen MR) is 120 cm³/mol. The molecule has 168 valence electrons. The van der Waals surface area contributed by atoms with Crippen LogP contribution in [0.4, 0.5) is 0 Å². The summed E-state index contributed by atoms with van der Waals surface area (Å²) < 4.78 is 13.0. The summed E-state index contributed by atoms with van der Waals surface area (Å²) in [6.07, 6.45) is 6.20. The molecule has 1 fully saturated rings. The highest BCUT2D eigenvalue weighted by Crippen LogP contribution is 2.31. The van der Waals surface area contributed by atoms with Crippen LogP contribution in [0.3, 0.4) is 0 Å². The number of nitrogens with one attached hydrogen (secondary N) is 1. The second-order valence-electron chi connectivity index (χ2n) is 8.42. The van der Waals surface area contributed by atoms with Crippen molar-refractivity contribution >= 4 is 5.91 Å². The van der Waals surface area contributed by atoms with E-state index in [1.807, 2.05) is 21.7 Å². The molecule has 0 radical (unpaired) electrons. The van der Waals surface area contributed by atoms with Gasteiger partial charge in [0.2, 0.25) is 0 Å². The molecule has 1 aliphatic heterocycles. The Morgan fingerprint density at radius 1 is 1.19 bits per heavy atom. The zero-order chi connectivity index (χ0) is 21.8. The minimum absolute atomic E-state index is 0.110. The fourth-order valence-corrected chi connectivity index (χ4v) is 4.89. The van der Waals surface area contributed by atoms with Gasteiger partial charge in [0, 0.05) is 49.0 Å². The van der Waals surface area contributed by atoms with Crippen LogP contribution in [-0.2, 0) is 25.9 Å². The highest BCUT2D eigenvalue weighted by atomic mass is 16.5. The van der Waals surface area contributed by atoms with Crippen molar-refractivity contribution in [1.82, 2.24) is 20.0 Å². The van der Waals surface area contributed by atoms with Gasteiger partial charge in [-0.25, -0.2) is 0 Å². The van der Waals surface area contributed by atoms with E-state index in [1.165, 1.54) is 12.1 Å². The summed E-state index contributed by atoms with van der Waals surface area (Å²) in [5.41, 5.74) is 4.12. The lowest BCUT2D eigenvalue weighted by atomic mass is 9.90. The average Bonchev–Trinajstić information content (AvgIpc) is 3.20. The molecule has 1 aromatic carbocycles. The van der Waals surface area contributed by atoms with Crippen LogP contribution in [0, 0.1) is 0 Å². The second kappa shape index (κ2) is 9.73. The smallest absolute Gasteiger partial charge is 0.274 e. The van der Waals surface area contributed by atoms with Gasteiger partial charge in [-0.2, -0.15) is 5.10 Å². The molecule has 7 nitrogen and oxygen atoms in total. The first kappa shape index (κ1) is 21.7. The summed E-state index contributed by atoms with van der Waals surface area (Å²) >= 11 is 0. The van der Waals surface area contributed by atoms with Crippen LogP contribution in [0.15, 0.2) is 18.2 Å². The number of methoxy groups -OCH3 is 2. The zero-order valence-electron chi connectivity index (χ0n) is 18.9. The van der Waals surface area contributed by atoms with E-state index in [-0.39, 0.29) is 5.91 Å². The van der Waals surface area contributed by atoms with Crippen molar-refractivity contribution in [3.63, 3.8) is 0 Å². The van der Waals surface area contributed by atoms with Gasteiger partial charge in [-0.05, 0) is 51.5 Å². The van der Waals surface area contributed by atoms with Crippen LogP contribution in [0.5, 0.6) is 11.5 Å². The molecular formula is C24H34N4O3. The van der Waals surface area contributed by atoms with Crippen LogP contribution in [0.2, 0.25) is 0 Å². The Morgan fingerprint density at radius 2 is 2.00 bits per heavy atom. The third-order valence-corrected chi connectivity index (χ3v) is 6.56. The Balaban J connectivity index is 1.50. The summed E-state index contributed by atoms with van der Waals surface area (Å²) in [7, 11) is 3.33. The third kappa shape index (κ3) is 4.42. The molecule has 2 heterocycles. The molecule has 0 unspecified atom stereocenters. The lowest BCUT2D eigenvalue weighted by Crippen LogP contribution is -2.38. The number of likely N-dealkylation sites (tertiary alicyclic amines) is 1. The molecule has 2 aromatic rings. The Labute approximate surface area is 184 Å². The molecule has 7 heteroatoms. The van der Waals surface area contributed by atoms with Crippen molar-refractivity contribution in [3.05, 3.63) is 40.7 Å². The zero-order valence-corrected chi connectivity index (χ0v) is 18.9. The fourth-order valence-electron chi connectivity index (χ4n) is 4.89. The van der Waals surface area contributed by atoms with E-state index >= 15 is 0 Å². The summed E-state index contributed by atoms with van der Waals surface area (Å²) in [6.45, 7) is 5.29. The first-order valence-corrected chi connectivity index (χ1v) is 11.5. The molecule has 1 atom stereocenters. The van der Waals surface area contributed by atoms with Gasteiger partial charge in [0.05, 0.1) is 14.2 Å². The van der Waals surface area contributed by atoms with Crippen molar-refractivity contribution in [2.45, 2.75) is 64.6 Å². The number of carbonyl (C=O) groups excluding carboxylic acids is 1. The molecule has 0 saturated carbocycles. The van der Waals surface area contributed by atoms with Crippen LogP contribution < -0.4 is 14.8 Å². The monoisotopic (exact) mass is 426 g/mol. The van der Waals surface area contributed by atoms with Crippen molar-refractivity contribution in [2.75, 3.05) is 27.3 Å². The molecule has 0 bridgehead atoms. The number of rotatable bonds is 7. The Kier molecular flexibility index (Phi) is 6.80. The number of fused-ring (bicyclic) bond motifs is 1. The number of carbonyl (C=O) groups is 1. The minimum Gasteiger partial charge on any atom is -0.493 e. The molecule has 2 aliphatic rings. The summed E-state index contributed by atoms with van der Waals surface area (Å²) in [5, 5.41) is 8.43. The topological polar surface area (TPSA) is 68.6 Å². The number of aryl methyl sites for hydroxylation is 1. The fraction of sp³-hybridized carbons (Fsp3) is 0.583. The number of ether oxygens (including phenoxy) is 2. The minimum atomic E-state index is 0.110. The number of benzene rings is 1. The number of para-hydroxylation sites is 1. The molecular weight excluding hydrogens is 392 g/mol. The first-order valence-electron chi connectivity index (χ1n) is 11.5. The molecule has 4 rings (SSSR count). The van der Waals surface area contributed by atoms with Crippen LogP contribution in [0.25, 0.3) is 0 Å². The van der Waals surface area contributed by atoms with E-state index in [1.54, 1.807) is 14.2 Å². The summed E-state index contributed by atoms with van der Waals surface area (Å²) in [4.78, 5) is 15.2. The Morgan fingerprint density at radius 3 is 2.71 bits per heavy atom. The molecule has 1 aromatic heterocycles. The highest BCUT2D eigenvalue weighted by molar-refractivity contribution is 5.94. The molecule has 1 aliphatic carbocycles. The van der Waals surface area contributed by atoms with Crippen LogP contribution in [-0.4, -0.2) is 53.9 Å². The average molecular weight is 427 g/mol. The van der Waals surface area contributed by atoms with Gasteiger partial charge >= 0.3 is 0 Å². The molecule has 1 N–H and O–H groups in total. The van der Waals surface area contributed by atoms with Crippen LogP contribution in [0.1, 0.15) is 59.9 Å². The maximum atomic E-state index is 13.2. The van der Waals surface area contributed by atoms with Gasteiger partial charge in [-0.15, -0.1) is 0 Å². The van der Waals surface area contributed by atoms with Gasteiger partial charge in [0.15, 0.2) is 17.2 Å². The molecule has 1 saturated heterocycles. The van der Waals surface area contributed by atoms with Gasteiger partial charge in [-0.3, -0.25) is 9.48 Å². The largest absolute Gasteiger partial charge is 0.493 e. The van der Waals surface area contributed by atoms with Crippen molar-refractivity contribution in [1.29, 1.82) is 0 Å². The van der Waals surface area contributed by atoms with Gasteiger partial charge in [0.25, 0.3) is 5.91 Å². The quantitative estimate of drug-likeness (QED) is 0.736. The van der Waals surface area contributed by atoms with Crippen molar-refractivity contribution in [2.24, 2.45) is 0 Å². The summed E-state index contributed by atoms with van der Waals surface area (Å²) in [5.74, 6) is 1.62. The number of amides is 1. The highest BCUT2D eigenvalue weighted by Gasteiger charge is 2.31. The van der Waals surface area contributed by atoms with Crippen LogP contribution >= 0.6 is 0 Å². The van der Waals surface area contributed by atoms with Gasteiger partial charge in [-0.1, -0.05) is 12.1 Å². The van der Waals surface area contributed by atoms with E-state index in [0.29, 0.717) is 18.3 Å². The van der Waals surface area contributed by atoms with E-state index in [2.05, 4.69) is 18.3 Å². The molecule has 1 amide bonds. The van der Waals surface area contributed by atoms with Crippen molar-refractivity contribution < 1.29 is 14.3 Å².